The van der Waals surface area contributed by atoms with Crippen LogP contribution in [0.3, 0.4) is 0 Å². The fourth-order valence-corrected chi connectivity index (χ4v) is 6.89. The number of carboxylic acid groups (broad SMARTS) is 1. The lowest BCUT2D eigenvalue weighted by atomic mass is 10.1. The second kappa shape index (κ2) is 16.9. The molecule has 4 aromatic carbocycles. The number of hydrogen-bond donors (Lipinski definition) is 1. The van der Waals surface area contributed by atoms with E-state index in [0.29, 0.717) is 35.7 Å². The maximum absolute atomic E-state index is 15.1. The third kappa shape index (κ3) is 7.70. The number of aromatic nitrogens is 8. The maximum Gasteiger partial charge on any atom is 0.356 e. The molecule has 0 spiro atoms. The van der Waals surface area contributed by atoms with Crippen molar-refractivity contribution in [2.75, 3.05) is 14.2 Å². The normalized spacial score (nSPS) is 11.1. The quantitative estimate of drug-likeness (QED) is 0.140. The number of methoxy groups -OCH3 is 2. The molecule has 0 aliphatic rings. The van der Waals surface area contributed by atoms with Crippen LogP contribution in [-0.4, -0.2) is 64.3 Å². The molecule has 5 aromatic heterocycles. The van der Waals surface area contributed by atoms with Gasteiger partial charge in [0.1, 0.15) is 16.7 Å². The summed E-state index contributed by atoms with van der Waals surface area (Å²) >= 11 is 12.0. The molecule has 9 aromatic rings. The number of imidazole rings is 2. The van der Waals surface area contributed by atoms with Gasteiger partial charge in [-0.1, -0.05) is 83.9 Å². The van der Waals surface area contributed by atoms with Crippen LogP contribution in [-0.2, 0) is 13.1 Å². The van der Waals surface area contributed by atoms with E-state index >= 15 is 4.39 Å². The highest BCUT2D eigenvalue weighted by molar-refractivity contribution is 6.32. The van der Waals surface area contributed by atoms with Crippen LogP contribution in [0, 0.1) is 11.6 Å². The first-order chi connectivity index (χ1) is 29.1. The lowest BCUT2D eigenvalue weighted by molar-refractivity contribution is 0.0692. The first kappa shape index (κ1) is 39.6. The molecule has 0 aliphatic heterocycles. The summed E-state index contributed by atoms with van der Waals surface area (Å²) in [4.78, 5) is 38.1. The van der Waals surface area contributed by atoms with E-state index in [9.17, 15) is 14.3 Å². The highest BCUT2D eigenvalue weighted by Gasteiger charge is 2.24. The van der Waals surface area contributed by atoms with Gasteiger partial charge in [-0.25, -0.2) is 43.5 Å². The summed E-state index contributed by atoms with van der Waals surface area (Å²) in [5, 5.41) is 9.85. The van der Waals surface area contributed by atoms with Crippen LogP contribution in [0.5, 0.6) is 11.5 Å². The lowest BCUT2D eigenvalue weighted by Crippen LogP contribution is -2.07. The number of fused-ring (bicyclic) bond motifs is 2. The van der Waals surface area contributed by atoms with Crippen LogP contribution in [0.25, 0.3) is 56.6 Å². The van der Waals surface area contributed by atoms with Crippen LogP contribution in [0.1, 0.15) is 21.6 Å². The summed E-state index contributed by atoms with van der Waals surface area (Å²) in [6.07, 6.45) is 4.73. The van der Waals surface area contributed by atoms with E-state index in [1.807, 2.05) is 65.2 Å². The number of benzene rings is 4. The summed E-state index contributed by atoms with van der Waals surface area (Å²) < 4.78 is 49.3. The standard InChI is InChI=1S/C23H16ClFN4O2.C20H14ClFN4O3/c1-30-21-16(24)10-9-15(18(21)25)22-27-19(17-8-5-11-31-17)20-23(28-22)29(13-26-20)12-14-6-3-2-4-7-14;1-29-17-13(21)8-7-12(14(17)22)18-24-16(20(27)28)15-19(25-18)26(10-23-15)9-11-5-3-2-4-6-11/h2-11,13H,12H2,1H3;2-8,10H,9H2,1H3,(H,27,28). The Hall–Kier alpha value is -7.23. The van der Waals surface area contributed by atoms with Crippen LogP contribution in [0.15, 0.2) is 120 Å². The largest absolute Gasteiger partial charge is 0.492 e. The average molecular weight is 848 g/mol. The molecule has 0 radical (unpaired) electrons. The van der Waals surface area contributed by atoms with Gasteiger partial charge in [0.25, 0.3) is 0 Å². The number of nitrogens with zero attached hydrogens (tertiary/aromatic N) is 8. The summed E-state index contributed by atoms with van der Waals surface area (Å²) in [5.41, 5.74) is 3.90. The first-order valence-electron chi connectivity index (χ1n) is 18.0. The zero-order valence-corrected chi connectivity index (χ0v) is 33.1. The molecule has 1 N–H and O–H groups in total. The van der Waals surface area contributed by atoms with E-state index in [-0.39, 0.29) is 61.2 Å². The van der Waals surface area contributed by atoms with Gasteiger partial charge in [-0.05, 0) is 47.5 Å². The molecular formula is C43H30Cl2F2N8O5. The average Bonchev–Trinajstić information content (AvgIpc) is 4.03. The molecular weight excluding hydrogens is 817 g/mol. The summed E-state index contributed by atoms with van der Waals surface area (Å²) in [7, 11) is 2.65. The minimum absolute atomic E-state index is 0.0249. The van der Waals surface area contributed by atoms with Crippen LogP contribution >= 0.6 is 23.2 Å². The van der Waals surface area contributed by atoms with E-state index in [2.05, 4.69) is 29.9 Å². The molecule has 60 heavy (non-hydrogen) atoms. The molecule has 300 valence electrons. The molecule has 13 nitrogen and oxygen atoms in total. The minimum atomic E-state index is -1.29. The minimum Gasteiger partial charge on any atom is -0.492 e. The molecule has 5 heterocycles. The second-order valence-corrected chi connectivity index (χ2v) is 13.8. The topological polar surface area (TPSA) is 156 Å². The summed E-state index contributed by atoms with van der Waals surface area (Å²) in [6, 6.07) is 28.9. The molecule has 0 fully saturated rings. The summed E-state index contributed by atoms with van der Waals surface area (Å²) in [5.74, 6) is -2.32. The lowest BCUT2D eigenvalue weighted by Gasteiger charge is -2.10. The Morgan fingerprint density at radius 2 is 1.17 bits per heavy atom. The fraction of sp³-hybridized carbons (Fsp3) is 0.0930. The third-order valence-corrected chi connectivity index (χ3v) is 9.86. The number of hydrogen-bond acceptors (Lipinski definition) is 10. The van der Waals surface area contributed by atoms with Crippen molar-refractivity contribution in [3.05, 3.63) is 154 Å². The predicted molar refractivity (Wildman–Crippen MR) is 220 cm³/mol. The van der Waals surface area contributed by atoms with Crippen molar-refractivity contribution in [2.24, 2.45) is 0 Å². The predicted octanol–water partition coefficient (Wildman–Crippen LogP) is 9.64. The number of furan rings is 1. The van der Waals surface area contributed by atoms with E-state index in [4.69, 9.17) is 37.1 Å². The zero-order chi connectivity index (χ0) is 41.9. The van der Waals surface area contributed by atoms with Crippen molar-refractivity contribution in [2.45, 2.75) is 13.1 Å². The van der Waals surface area contributed by atoms with Gasteiger partial charge in [0, 0.05) is 0 Å². The van der Waals surface area contributed by atoms with E-state index in [1.54, 1.807) is 35.4 Å². The molecule has 17 heteroatoms. The zero-order valence-electron chi connectivity index (χ0n) is 31.6. The number of carboxylic acids is 1. The van der Waals surface area contributed by atoms with Crippen LogP contribution in [0.4, 0.5) is 8.78 Å². The number of aromatic carboxylic acids is 1. The molecule has 0 bridgehead atoms. The Balaban J connectivity index is 0.000000167. The Kier molecular flexibility index (Phi) is 11.2. The Labute approximate surface area is 349 Å². The molecule has 0 aliphatic carbocycles. The molecule has 0 amide bonds. The van der Waals surface area contributed by atoms with Crippen molar-refractivity contribution < 1.29 is 32.6 Å². The monoisotopic (exact) mass is 846 g/mol. The van der Waals surface area contributed by atoms with Crippen LogP contribution in [0.2, 0.25) is 10.0 Å². The Bertz CT molecular complexity index is 3000. The van der Waals surface area contributed by atoms with E-state index in [1.165, 1.54) is 38.7 Å². The van der Waals surface area contributed by atoms with Gasteiger partial charge in [0.15, 0.2) is 57.5 Å². The van der Waals surface area contributed by atoms with Gasteiger partial charge in [0.2, 0.25) is 0 Å². The SMILES string of the molecule is COc1c(Cl)ccc(-c2nc(-c3ccco3)c3ncn(Cc4ccccc4)c3n2)c1F.COc1c(Cl)ccc(-c2nc(C(=O)O)c3ncn(Cc4ccccc4)c3n2)c1F. The molecule has 0 atom stereocenters. The van der Waals surface area contributed by atoms with Crippen molar-refractivity contribution in [1.82, 2.24) is 39.0 Å². The van der Waals surface area contributed by atoms with Crippen molar-refractivity contribution in [1.29, 1.82) is 0 Å². The van der Waals surface area contributed by atoms with Gasteiger partial charge in [-0.2, -0.15) is 0 Å². The molecule has 0 saturated carbocycles. The van der Waals surface area contributed by atoms with Gasteiger partial charge >= 0.3 is 5.97 Å². The fourth-order valence-electron chi connectivity index (χ4n) is 6.44. The summed E-state index contributed by atoms with van der Waals surface area (Å²) in [6.45, 7) is 0.969. The highest BCUT2D eigenvalue weighted by Crippen LogP contribution is 2.37. The molecule has 9 rings (SSSR count). The number of ether oxygens (including phenoxy) is 2. The Morgan fingerprint density at radius 3 is 1.65 bits per heavy atom. The number of carbonyl (C=O) groups is 1. The van der Waals surface area contributed by atoms with E-state index in [0.717, 1.165) is 11.1 Å². The van der Waals surface area contributed by atoms with Gasteiger partial charge in [-0.15, -0.1) is 0 Å². The number of rotatable bonds is 10. The van der Waals surface area contributed by atoms with Gasteiger partial charge < -0.3 is 28.1 Å². The van der Waals surface area contributed by atoms with Gasteiger partial charge in [0.05, 0.1) is 67.4 Å². The van der Waals surface area contributed by atoms with Gasteiger partial charge in [-0.3, -0.25) is 0 Å². The Morgan fingerprint density at radius 1 is 0.667 bits per heavy atom. The number of halogens is 4. The van der Waals surface area contributed by atoms with Crippen molar-refractivity contribution in [3.8, 4) is 45.7 Å². The maximum atomic E-state index is 15.1. The molecule has 0 unspecified atom stereocenters. The third-order valence-electron chi connectivity index (χ3n) is 9.26. The first-order valence-corrected chi connectivity index (χ1v) is 18.8. The molecule has 0 saturated heterocycles. The van der Waals surface area contributed by atoms with Crippen molar-refractivity contribution >= 4 is 51.5 Å². The highest BCUT2D eigenvalue weighted by atomic mass is 35.5. The smallest absolute Gasteiger partial charge is 0.356 e. The van der Waals surface area contributed by atoms with Crippen LogP contribution < -0.4 is 9.47 Å². The van der Waals surface area contributed by atoms with E-state index < -0.39 is 17.6 Å². The second-order valence-electron chi connectivity index (χ2n) is 13.0. The van der Waals surface area contributed by atoms with Crippen molar-refractivity contribution in [3.63, 3.8) is 0 Å².